The first-order valence-corrected chi connectivity index (χ1v) is 7.80. The van der Waals surface area contributed by atoms with Crippen molar-refractivity contribution in [2.45, 2.75) is 45.4 Å². The van der Waals surface area contributed by atoms with Crippen LogP contribution >= 0.6 is 8.25 Å². The Hall–Kier alpha value is -0.790. The van der Waals surface area contributed by atoms with Crippen LogP contribution in [-0.4, -0.2) is 4.89 Å². The minimum Gasteiger partial charge on any atom is -0.426 e. The molecule has 0 radical (unpaired) electrons. The van der Waals surface area contributed by atoms with E-state index in [-0.39, 0.29) is 5.92 Å². The molecule has 18 heavy (non-hydrogen) atoms. The Morgan fingerprint density at radius 3 is 2.39 bits per heavy atom. The Balaban J connectivity index is 2.42. The summed E-state index contributed by atoms with van der Waals surface area (Å²) in [6, 6.07) is 6.02. The number of para-hydroxylation sites is 1. The van der Waals surface area contributed by atoms with Crippen LogP contribution in [0.25, 0.3) is 0 Å². The Morgan fingerprint density at radius 1 is 1.28 bits per heavy atom. The summed E-state index contributed by atoms with van der Waals surface area (Å²) in [6.07, 6.45) is 2.50. The molecule has 0 spiro atoms. The molecule has 2 atom stereocenters. The largest absolute Gasteiger partial charge is 0.426 e. The smallest absolute Gasteiger partial charge is 0.365 e. The maximum absolute atomic E-state index is 11.1. The number of rotatable bonds is 5. The molecule has 0 aliphatic heterocycles. The molecule has 100 valence electrons. The first-order chi connectivity index (χ1) is 8.50. The molecule has 1 unspecified atom stereocenters. The van der Waals surface area contributed by atoms with Crippen molar-refractivity contribution in [3.8, 4) is 5.75 Å². The summed E-state index contributed by atoms with van der Waals surface area (Å²) in [5.41, 5.74) is 2.10. The molecule has 1 N–H and O–H groups in total. The highest BCUT2D eigenvalue weighted by Crippen LogP contribution is 2.47. The van der Waals surface area contributed by atoms with Crippen molar-refractivity contribution >= 4 is 8.25 Å². The van der Waals surface area contributed by atoms with Crippen LogP contribution in [-0.2, 0) is 4.57 Å². The number of hydrogen-bond acceptors (Lipinski definition) is 2. The van der Waals surface area contributed by atoms with Gasteiger partial charge < -0.3 is 9.42 Å². The summed E-state index contributed by atoms with van der Waals surface area (Å²) in [5, 5.41) is 0. The maximum Gasteiger partial charge on any atom is 0.365 e. The van der Waals surface area contributed by atoms with Crippen molar-refractivity contribution in [1.82, 2.24) is 0 Å². The lowest BCUT2D eigenvalue weighted by Crippen LogP contribution is -2.02. The normalized spacial score (nSPS) is 18.7. The van der Waals surface area contributed by atoms with E-state index in [9.17, 15) is 4.57 Å². The zero-order chi connectivity index (χ0) is 13.3. The summed E-state index contributed by atoms with van der Waals surface area (Å²) in [6.45, 7) is 6.32. The molecule has 1 aromatic carbocycles. The van der Waals surface area contributed by atoms with Gasteiger partial charge in [-0.1, -0.05) is 39.0 Å². The fourth-order valence-electron chi connectivity index (χ4n) is 2.44. The van der Waals surface area contributed by atoms with E-state index in [1.807, 2.05) is 18.2 Å². The SMILES string of the molecule is CC(C)c1cccc([C@H](C)C2CC2)c1O[PH](=O)O. The zero-order valence-corrected chi connectivity index (χ0v) is 12.1. The second-order valence-corrected chi connectivity index (χ2v) is 6.15. The summed E-state index contributed by atoms with van der Waals surface area (Å²) < 4.78 is 16.3. The van der Waals surface area contributed by atoms with Crippen molar-refractivity contribution in [1.29, 1.82) is 0 Å². The van der Waals surface area contributed by atoms with Crippen LogP contribution in [0.1, 0.15) is 56.6 Å². The van der Waals surface area contributed by atoms with Crippen LogP contribution in [0.2, 0.25) is 0 Å². The highest BCUT2D eigenvalue weighted by molar-refractivity contribution is 7.32. The summed E-state index contributed by atoms with van der Waals surface area (Å²) in [5.74, 6) is 2.03. The Bertz CT molecular complexity index is 452. The van der Waals surface area contributed by atoms with Gasteiger partial charge in [-0.05, 0) is 41.7 Å². The molecule has 3 nitrogen and oxygen atoms in total. The lowest BCUT2D eigenvalue weighted by atomic mass is 9.90. The molecule has 4 heteroatoms. The van der Waals surface area contributed by atoms with Crippen molar-refractivity contribution in [3.63, 3.8) is 0 Å². The highest BCUT2D eigenvalue weighted by Gasteiger charge is 2.31. The minimum absolute atomic E-state index is 0.285. The van der Waals surface area contributed by atoms with E-state index in [1.54, 1.807) is 0 Å². The van der Waals surface area contributed by atoms with E-state index in [4.69, 9.17) is 9.42 Å². The average Bonchev–Trinajstić information content (AvgIpc) is 3.11. The first kappa shape index (κ1) is 13.6. The molecular weight excluding hydrogens is 247 g/mol. The predicted molar refractivity (Wildman–Crippen MR) is 73.5 cm³/mol. The molecule has 2 rings (SSSR count). The fraction of sp³-hybridized carbons (Fsp3) is 0.571. The van der Waals surface area contributed by atoms with Gasteiger partial charge in [0.15, 0.2) is 0 Å². The van der Waals surface area contributed by atoms with Gasteiger partial charge in [0.2, 0.25) is 0 Å². The van der Waals surface area contributed by atoms with Crippen LogP contribution in [0.5, 0.6) is 5.75 Å². The van der Waals surface area contributed by atoms with Crippen LogP contribution in [0.15, 0.2) is 18.2 Å². The van der Waals surface area contributed by atoms with E-state index in [1.165, 1.54) is 12.8 Å². The summed E-state index contributed by atoms with van der Waals surface area (Å²) in [7, 11) is -2.95. The standard InChI is InChI=1S/C14H21O3P/c1-9(2)12-5-4-6-13(10(3)11-7-8-11)14(12)17-18(15)16/h4-6,9-11,18H,7-8H2,1-3H3,(H,15,16)/t10-/m1/s1. The molecule has 0 bridgehead atoms. The maximum atomic E-state index is 11.1. The third-order valence-electron chi connectivity index (χ3n) is 3.71. The molecule has 1 aromatic rings. The summed E-state index contributed by atoms with van der Waals surface area (Å²) in [4.78, 5) is 9.10. The lowest BCUT2D eigenvalue weighted by molar-refractivity contribution is 0.403. The van der Waals surface area contributed by atoms with Gasteiger partial charge in [0.1, 0.15) is 5.75 Å². The Morgan fingerprint density at radius 2 is 1.89 bits per heavy atom. The van der Waals surface area contributed by atoms with Gasteiger partial charge >= 0.3 is 8.25 Å². The highest BCUT2D eigenvalue weighted by atomic mass is 31.1. The van der Waals surface area contributed by atoms with Crippen molar-refractivity contribution in [2.75, 3.05) is 0 Å². The molecule has 0 amide bonds. The fourth-order valence-corrected chi connectivity index (χ4v) is 2.85. The third-order valence-corrected chi connectivity index (χ3v) is 4.09. The second kappa shape index (κ2) is 5.46. The minimum atomic E-state index is -2.95. The zero-order valence-electron chi connectivity index (χ0n) is 11.1. The molecule has 0 heterocycles. The first-order valence-electron chi connectivity index (χ1n) is 6.54. The molecule has 0 saturated heterocycles. The van der Waals surface area contributed by atoms with Crippen LogP contribution in [0, 0.1) is 5.92 Å². The topological polar surface area (TPSA) is 46.5 Å². The average molecular weight is 268 g/mol. The van der Waals surface area contributed by atoms with E-state index in [0.717, 1.165) is 11.1 Å². The molecule has 1 saturated carbocycles. The predicted octanol–water partition coefficient (Wildman–Crippen LogP) is 4.08. The van der Waals surface area contributed by atoms with E-state index >= 15 is 0 Å². The molecular formula is C14H21O3P. The third kappa shape index (κ3) is 2.96. The van der Waals surface area contributed by atoms with Gasteiger partial charge in [-0.3, -0.25) is 0 Å². The van der Waals surface area contributed by atoms with Crippen molar-refractivity contribution in [2.24, 2.45) is 5.92 Å². The van der Waals surface area contributed by atoms with Gasteiger partial charge in [-0.25, -0.2) is 4.57 Å². The summed E-state index contributed by atoms with van der Waals surface area (Å²) >= 11 is 0. The molecule has 1 aliphatic rings. The van der Waals surface area contributed by atoms with Crippen molar-refractivity contribution in [3.05, 3.63) is 29.3 Å². The van der Waals surface area contributed by atoms with Crippen LogP contribution in [0.4, 0.5) is 0 Å². The molecule has 1 fully saturated rings. The Labute approximate surface area is 109 Å². The van der Waals surface area contributed by atoms with Gasteiger partial charge in [-0.15, -0.1) is 0 Å². The van der Waals surface area contributed by atoms with Crippen molar-refractivity contribution < 1.29 is 14.0 Å². The molecule has 0 aromatic heterocycles. The van der Waals surface area contributed by atoms with Gasteiger partial charge in [0.05, 0.1) is 0 Å². The quantitative estimate of drug-likeness (QED) is 0.818. The second-order valence-electron chi connectivity index (χ2n) is 5.41. The number of hydrogen-bond donors (Lipinski definition) is 1. The van der Waals surface area contributed by atoms with Gasteiger partial charge in [0.25, 0.3) is 0 Å². The number of benzene rings is 1. The van der Waals surface area contributed by atoms with Crippen LogP contribution < -0.4 is 4.52 Å². The van der Waals surface area contributed by atoms with Crippen LogP contribution in [0.3, 0.4) is 0 Å². The molecule has 1 aliphatic carbocycles. The van der Waals surface area contributed by atoms with Gasteiger partial charge in [-0.2, -0.15) is 0 Å². The van der Waals surface area contributed by atoms with Gasteiger partial charge in [0, 0.05) is 0 Å². The van der Waals surface area contributed by atoms with E-state index in [2.05, 4.69) is 20.8 Å². The lowest BCUT2D eigenvalue weighted by Gasteiger charge is -2.20. The Kier molecular flexibility index (Phi) is 4.14. The van der Waals surface area contributed by atoms with E-state index in [0.29, 0.717) is 17.6 Å². The monoisotopic (exact) mass is 268 g/mol. The van der Waals surface area contributed by atoms with E-state index < -0.39 is 8.25 Å².